The smallest absolute Gasteiger partial charge is 0.137 e. The van der Waals surface area contributed by atoms with Gasteiger partial charge in [0.05, 0.1) is 11.0 Å². The highest BCUT2D eigenvalue weighted by molar-refractivity contribution is 6.12. The number of allylic oxidation sites excluding steroid dienone is 9. The van der Waals surface area contributed by atoms with Gasteiger partial charge in [-0.25, -0.2) is 4.99 Å². The summed E-state index contributed by atoms with van der Waals surface area (Å²) in [5.74, 6) is 2.13. The molecule has 64 heavy (non-hydrogen) atoms. The van der Waals surface area contributed by atoms with Crippen LogP contribution < -0.4 is 20.3 Å². The number of hydrogen-bond donors (Lipinski definition) is 2. The molecular formula is C58H47N5O. The van der Waals surface area contributed by atoms with Crippen LogP contribution in [0.1, 0.15) is 66.6 Å². The zero-order valence-corrected chi connectivity index (χ0v) is 35.7. The number of nitrogens with zero attached hydrogens (tertiary/aromatic N) is 3. The molecule has 13 rings (SSSR count). The van der Waals surface area contributed by atoms with Gasteiger partial charge in [-0.1, -0.05) is 140 Å². The van der Waals surface area contributed by atoms with Crippen molar-refractivity contribution in [2.24, 2.45) is 10.9 Å². The van der Waals surface area contributed by atoms with E-state index in [0.717, 1.165) is 48.4 Å². The molecule has 310 valence electrons. The van der Waals surface area contributed by atoms with Crippen LogP contribution in [-0.2, 0) is 5.66 Å². The van der Waals surface area contributed by atoms with Crippen LogP contribution in [0.5, 0.6) is 5.75 Å². The van der Waals surface area contributed by atoms with E-state index in [1.807, 2.05) is 0 Å². The summed E-state index contributed by atoms with van der Waals surface area (Å²) >= 11 is 0. The van der Waals surface area contributed by atoms with E-state index in [4.69, 9.17) is 9.73 Å². The highest BCUT2D eigenvalue weighted by Gasteiger charge is 2.41. The molecule has 0 spiro atoms. The number of aromatic nitrogens is 1. The minimum absolute atomic E-state index is 0.0703. The van der Waals surface area contributed by atoms with Gasteiger partial charge in [-0.3, -0.25) is 5.32 Å². The molecule has 6 aliphatic rings. The van der Waals surface area contributed by atoms with Crippen LogP contribution in [0.3, 0.4) is 0 Å². The third-order valence-corrected chi connectivity index (χ3v) is 14.1. The first-order valence-electron chi connectivity index (χ1n) is 22.8. The lowest BCUT2D eigenvalue weighted by molar-refractivity contribution is 0.279. The van der Waals surface area contributed by atoms with Crippen LogP contribution >= 0.6 is 0 Å². The van der Waals surface area contributed by atoms with Crippen LogP contribution in [0.2, 0.25) is 0 Å². The van der Waals surface area contributed by atoms with Crippen molar-refractivity contribution in [3.63, 3.8) is 0 Å². The Kier molecular flexibility index (Phi) is 8.47. The van der Waals surface area contributed by atoms with Gasteiger partial charge in [0, 0.05) is 62.6 Å². The lowest BCUT2D eigenvalue weighted by Gasteiger charge is -2.39. The molecule has 4 atom stereocenters. The summed E-state index contributed by atoms with van der Waals surface area (Å²) < 4.78 is 8.82. The van der Waals surface area contributed by atoms with Gasteiger partial charge in [0.1, 0.15) is 29.5 Å². The quantitative estimate of drug-likeness (QED) is 0.175. The number of nitrogens with one attached hydrogen (secondary N) is 2. The molecule has 4 heterocycles. The zero-order valence-electron chi connectivity index (χ0n) is 35.7. The molecule has 0 fully saturated rings. The molecule has 0 saturated carbocycles. The van der Waals surface area contributed by atoms with Crippen molar-refractivity contribution in [3.8, 4) is 5.75 Å². The molecular weight excluding hydrogens is 783 g/mol. The van der Waals surface area contributed by atoms with E-state index in [1.54, 1.807) is 0 Å². The highest BCUT2D eigenvalue weighted by atomic mass is 16.5. The van der Waals surface area contributed by atoms with Crippen molar-refractivity contribution in [2.45, 2.75) is 50.5 Å². The molecule has 0 radical (unpaired) electrons. The number of ether oxygens (including phenoxy) is 1. The summed E-state index contributed by atoms with van der Waals surface area (Å²) in [7, 11) is 0. The average molecular weight is 830 g/mol. The van der Waals surface area contributed by atoms with Gasteiger partial charge in [-0.05, 0) is 103 Å². The Hall–Kier alpha value is -7.41. The Bertz CT molecular complexity index is 3290. The molecule has 3 aliphatic carbocycles. The Balaban J connectivity index is 0.893. The molecule has 0 amide bonds. The number of fused-ring (bicyclic) bond motifs is 8. The maximum absolute atomic E-state index is 6.36. The van der Waals surface area contributed by atoms with Crippen LogP contribution in [0.25, 0.3) is 38.6 Å². The summed E-state index contributed by atoms with van der Waals surface area (Å²) in [5.41, 5.74) is 16.8. The fourth-order valence-corrected chi connectivity index (χ4v) is 11.2. The Morgan fingerprint density at radius 2 is 1.55 bits per heavy atom. The van der Waals surface area contributed by atoms with Gasteiger partial charge in [-0.2, -0.15) is 0 Å². The van der Waals surface area contributed by atoms with E-state index in [-0.39, 0.29) is 18.2 Å². The molecule has 6 aromatic carbocycles. The standard InChI is InChI=1S/C58H47N5O/c1-58(60-56(37-16-4-2-5-17-37)59-57(61-58)38-18-6-3-7-19-38)40-20-14-21-41(35-40)63-50-27-12-9-24-46(50)55-43(25-15-28-52(55)63)39-30-32-51-47(34-39)44-22-8-11-26-49(44)62(51)42-31-33-54-48(36-42)45-23-10-13-29-53(45)64-54/h2-14,16-23,25-27,29-32,34-36,46,54,56,60H,15,24,28,33H2,1H3,(H,59,61). The van der Waals surface area contributed by atoms with Gasteiger partial charge >= 0.3 is 0 Å². The SMILES string of the molecule is CC1(c2cccc(N3C4=CC=CCC4C4=C3CCC=C4c3ccc4c(c3)c3ccccc3n4C3=CCC4Oc5ccccc5C4=C3)c2)N=C(c2ccccc2)NC(c2ccccc2)N1. The summed E-state index contributed by atoms with van der Waals surface area (Å²) in [5, 5.41) is 10.2. The predicted octanol–water partition coefficient (Wildman–Crippen LogP) is 12.8. The van der Waals surface area contributed by atoms with Crippen molar-refractivity contribution < 1.29 is 4.74 Å². The predicted molar refractivity (Wildman–Crippen MR) is 261 cm³/mol. The molecule has 6 nitrogen and oxygen atoms in total. The molecule has 4 unspecified atom stereocenters. The fraction of sp³-hybridized carbons (Fsp3) is 0.155. The zero-order chi connectivity index (χ0) is 42.4. The largest absolute Gasteiger partial charge is 0.485 e. The Morgan fingerprint density at radius 1 is 0.734 bits per heavy atom. The van der Waals surface area contributed by atoms with Crippen molar-refractivity contribution in [1.82, 2.24) is 15.2 Å². The summed E-state index contributed by atoms with van der Waals surface area (Å²) in [6, 6.07) is 54.7. The normalized spacial score (nSPS) is 23.2. The molecule has 2 N–H and O–H groups in total. The van der Waals surface area contributed by atoms with Crippen molar-refractivity contribution in [3.05, 3.63) is 233 Å². The molecule has 1 aromatic heterocycles. The number of hydrogen-bond acceptors (Lipinski definition) is 5. The van der Waals surface area contributed by atoms with Gasteiger partial charge in [0.2, 0.25) is 0 Å². The first-order valence-corrected chi connectivity index (χ1v) is 22.8. The van der Waals surface area contributed by atoms with Gasteiger partial charge in [-0.15, -0.1) is 0 Å². The van der Waals surface area contributed by atoms with Crippen molar-refractivity contribution in [2.75, 3.05) is 4.90 Å². The monoisotopic (exact) mass is 829 g/mol. The van der Waals surface area contributed by atoms with Crippen LogP contribution in [0.4, 0.5) is 5.69 Å². The maximum atomic E-state index is 6.36. The van der Waals surface area contributed by atoms with Crippen molar-refractivity contribution >= 4 is 50.2 Å². The van der Waals surface area contributed by atoms with Crippen LogP contribution in [-0.4, -0.2) is 16.5 Å². The van der Waals surface area contributed by atoms with Gasteiger partial charge < -0.3 is 19.5 Å². The average Bonchev–Trinajstić information content (AvgIpc) is 4.02. The maximum Gasteiger partial charge on any atom is 0.137 e. The second kappa shape index (κ2) is 14.6. The summed E-state index contributed by atoms with van der Waals surface area (Å²) in [6.07, 6.45) is 17.9. The molecule has 6 heteroatoms. The minimum atomic E-state index is -0.697. The molecule has 3 aliphatic heterocycles. The van der Waals surface area contributed by atoms with Gasteiger partial charge in [0.25, 0.3) is 0 Å². The van der Waals surface area contributed by atoms with Crippen LogP contribution in [0.15, 0.2) is 210 Å². The number of aliphatic imine (C=N–C) groups is 1. The third-order valence-electron chi connectivity index (χ3n) is 14.1. The number of anilines is 1. The second-order valence-corrected chi connectivity index (χ2v) is 17.9. The summed E-state index contributed by atoms with van der Waals surface area (Å²) in [6.45, 7) is 2.21. The lowest BCUT2D eigenvalue weighted by Crippen LogP contribution is -2.53. The highest BCUT2D eigenvalue weighted by Crippen LogP contribution is 2.53. The Labute approximate surface area is 373 Å². The number of para-hydroxylation sites is 2. The van der Waals surface area contributed by atoms with Gasteiger partial charge in [0.15, 0.2) is 0 Å². The first-order chi connectivity index (χ1) is 31.6. The first kappa shape index (κ1) is 37.2. The van der Waals surface area contributed by atoms with Crippen LogP contribution in [0, 0.1) is 5.92 Å². The van der Waals surface area contributed by atoms with E-state index in [2.05, 4.69) is 215 Å². The molecule has 0 bridgehead atoms. The topological polar surface area (TPSA) is 53.8 Å². The molecule has 7 aromatic rings. The minimum Gasteiger partial charge on any atom is -0.485 e. The number of amidine groups is 1. The van der Waals surface area contributed by atoms with E-state index in [9.17, 15) is 0 Å². The molecule has 0 saturated heterocycles. The third kappa shape index (κ3) is 5.86. The van der Waals surface area contributed by atoms with Crippen molar-refractivity contribution in [1.29, 1.82) is 0 Å². The number of rotatable bonds is 6. The second-order valence-electron chi connectivity index (χ2n) is 17.9. The lowest BCUT2D eigenvalue weighted by atomic mass is 9.81. The Morgan fingerprint density at radius 3 is 2.45 bits per heavy atom. The van der Waals surface area contributed by atoms with E-state index >= 15 is 0 Å². The number of benzene rings is 6. The van der Waals surface area contributed by atoms with E-state index < -0.39 is 5.66 Å². The van der Waals surface area contributed by atoms with E-state index in [0.29, 0.717) is 0 Å². The fourth-order valence-electron chi connectivity index (χ4n) is 11.2. The summed E-state index contributed by atoms with van der Waals surface area (Å²) in [4.78, 5) is 8.00. The van der Waals surface area contributed by atoms with E-state index in [1.165, 1.54) is 78.0 Å².